The van der Waals surface area contributed by atoms with Crippen molar-refractivity contribution in [1.29, 1.82) is 0 Å². The minimum atomic E-state index is 0.227. The van der Waals surface area contributed by atoms with Gasteiger partial charge < -0.3 is 19.6 Å². The molecule has 16 saturated carbocycles. The standard InChI is InChI=1S/C100H102N12/c1-59-91(51-101-55-105-59)109(79-13-5-75(6-14-79)97-39-63-25-64(40-97)27-65(26-63)41-97)87-37-88(110(92-52-102-56-106-60(92)2)80-15-7-76(8-16-80)98-42-66-28-67(43-98)30-68(29-66)44-98)84-23-24-86-90(112(94-54-104-58-108-62(94)4)82-19-11-78(12-20-82)100-48-72-34-73(49-100)36-74(35-72)50-100)38-89(85-22-21-83(87)95(84)96(85)86)111(93-53-103-57-107-61(93)3)81-17-9-77(10-18-81)99-45-69-31-70(46-99)33-71(32-69)47-99/h5-24,37-38,51-58,63-74H,25-36,39-50H2,1-4H3. The minimum absolute atomic E-state index is 0.227. The van der Waals surface area contributed by atoms with E-state index in [0.29, 0.717) is 0 Å². The SMILES string of the molecule is Cc1ncncc1N(c1ccc(C23CC4CC(CC(C4)C2)C3)cc1)c1cc(N(c2ccc(C34CC5CC(CC(C5)C3)C4)cc2)c2cncnc2C)c2ccc3c(N(c4ccc(C56CC7CC(CC(C7)C5)C6)cc4)c4cncnc4C)cc(N(c4ccc(C56CC7CC(CC(C7)C5)C6)cc4)c4cncnc4C)c4ccc1c2c43. The van der Waals surface area contributed by atoms with E-state index >= 15 is 0 Å². The first-order valence-electron chi connectivity index (χ1n) is 43.3. The molecule has 0 aliphatic heterocycles. The van der Waals surface area contributed by atoms with Gasteiger partial charge in [0.2, 0.25) is 0 Å². The molecule has 16 aliphatic carbocycles. The summed E-state index contributed by atoms with van der Waals surface area (Å²) in [6.45, 7) is 8.63. The van der Waals surface area contributed by atoms with E-state index < -0.39 is 0 Å². The smallest absolute Gasteiger partial charge is 0.115 e. The maximum Gasteiger partial charge on any atom is 0.115 e. The van der Waals surface area contributed by atoms with E-state index in [0.717, 1.165) is 194 Å². The molecule has 4 aromatic heterocycles. The molecule has 12 aromatic rings. The Balaban J connectivity index is 0.782. The minimum Gasteiger partial charge on any atom is -0.307 e. The second-order valence-corrected chi connectivity index (χ2v) is 39.2. The summed E-state index contributed by atoms with van der Waals surface area (Å²) in [4.78, 5) is 50.1. The third-order valence-corrected chi connectivity index (χ3v) is 32.4. The first-order chi connectivity index (χ1) is 54.8. The molecule has 4 heterocycles. The molecular weight excluding hydrogens is 1370 g/mol. The first-order valence-corrected chi connectivity index (χ1v) is 43.3. The van der Waals surface area contributed by atoms with Gasteiger partial charge in [0.05, 0.1) is 93.1 Å². The molecule has 12 nitrogen and oxygen atoms in total. The second kappa shape index (κ2) is 24.9. The van der Waals surface area contributed by atoms with Crippen molar-refractivity contribution < 1.29 is 0 Å². The second-order valence-electron chi connectivity index (χ2n) is 39.2. The summed E-state index contributed by atoms with van der Waals surface area (Å²) in [6.07, 6.45) is 47.7. The van der Waals surface area contributed by atoms with Gasteiger partial charge in [-0.1, -0.05) is 72.8 Å². The number of nitrogens with zero attached hydrogens (tertiary/aromatic N) is 12. The number of aryl methyl sites for hydroxylation is 4. The molecule has 28 rings (SSSR count). The zero-order valence-corrected chi connectivity index (χ0v) is 65.6. The van der Waals surface area contributed by atoms with Crippen molar-refractivity contribution >= 4 is 101 Å². The number of hydrogen-bond acceptors (Lipinski definition) is 12. The lowest BCUT2D eigenvalue weighted by molar-refractivity contribution is -0.00530. The highest BCUT2D eigenvalue weighted by molar-refractivity contribution is 6.33. The zero-order chi connectivity index (χ0) is 74.1. The number of rotatable bonds is 16. The molecule has 16 bridgehead atoms. The third-order valence-electron chi connectivity index (χ3n) is 32.4. The van der Waals surface area contributed by atoms with Gasteiger partial charge in [0, 0.05) is 55.1 Å². The van der Waals surface area contributed by atoms with Crippen LogP contribution in [0.4, 0.5) is 68.2 Å². The largest absolute Gasteiger partial charge is 0.307 e. The Bertz CT molecular complexity index is 4890. The lowest BCUT2D eigenvalue weighted by atomic mass is 9.48. The fraction of sp³-hybridized carbons (Fsp3) is 0.440. The number of hydrogen-bond donors (Lipinski definition) is 0. The highest BCUT2D eigenvalue weighted by atomic mass is 15.2. The molecule has 0 saturated heterocycles. The van der Waals surface area contributed by atoms with Crippen molar-refractivity contribution in [2.75, 3.05) is 19.6 Å². The van der Waals surface area contributed by atoms with Crippen LogP contribution in [0.2, 0.25) is 0 Å². The summed E-state index contributed by atoms with van der Waals surface area (Å²) in [5.41, 5.74) is 22.7. The van der Waals surface area contributed by atoms with Gasteiger partial charge in [-0.25, -0.2) is 39.9 Å². The summed E-state index contributed by atoms with van der Waals surface area (Å²) in [6, 6.07) is 54.5. The van der Waals surface area contributed by atoms with Crippen LogP contribution in [0.1, 0.15) is 199 Å². The normalized spacial score (nSPS) is 31.2. The van der Waals surface area contributed by atoms with E-state index in [-0.39, 0.29) is 21.7 Å². The molecule has 16 aliphatic rings. The molecule has 0 unspecified atom stereocenters. The number of benzene rings is 8. The average molecular weight is 1470 g/mol. The Morgan fingerprint density at radius 3 is 0.580 bits per heavy atom. The van der Waals surface area contributed by atoms with Crippen LogP contribution in [-0.4, -0.2) is 39.9 Å². The fourth-order valence-electron chi connectivity index (χ4n) is 29.4. The van der Waals surface area contributed by atoms with E-state index in [1.165, 1.54) is 176 Å². The van der Waals surface area contributed by atoms with Gasteiger partial charge in [-0.3, -0.25) is 0 Å². The Labute approximate surface area is 659 Å². The van der Waals surface area contributed by atoms with Gasteiger partial charge in [-0.15, -0.1) is 0 Å². The number of aromatic nitrogens is 8. The zero-order valence-electron chi connectivity index (χ0n) is 65.6. The van der Waals surface area contributed by atoms with Crippen molar-refractivity contribution in [3.8, 4) is 0 Å². The first kappa shape index (κ1) is 66.9. The maximum atomic E-state index is 5.08. The van der Waals surface area contributed by atoms with Gasteiger partial charge in [-0.2, -0.15) is 0 Å². The highest BCUT2D eigenvalue weighted by Gasteiger charge is 2.56. The Morgan fingerprint density at radius 1 is 0.232 bits per heavy atom. The predicted octanol–water partition coefficient (Wildman–Crippen LogP) is 24.7. The van der Waals surface area contributed by atoms with Crippen LogP contribution in [0, 0.1) is 98.7 Å². The third kappa shape index (κ3) is 10.4. The summed E-state index contributed by atoms with van der Waals surface area (Å²) in [5.74, 6) is 10.0. The van der Waals surface area contributed by atoms with Crippen LogP contribution in [0.25, 0.3) is 32.3 Å². The van der Waals surface area contributed by atoms with Crippen LogP contribution in [0.3, 0.4) is 0 Å². The molecule has 0 N–H and O–H groups in total. The molecule has 0 amide bonds. The average Bonchev–Trinajstić information content (AvgIpc) is 0.689. The van der Waals surface area contributed by atoms with E-state index in [2.05, 4.69) is 181 Å². The number of anilines is 12. The van der Waals surface area contributed by atoms with E-state index in [9.17, 15) is 0 Å². The predicted molar refractivity (Wildman–Crippen MR) is 450 cm³/mol. The Morgan fingerprint density at radius 2 is 0.411 bits per heavy atom. The van der Waals surface area contributed by atoms with Crippen LogP contribution in [0.15, 0.2) is 184 Å². The van der Waals surface area contributed by atoms with Crippen LogP contribution in [0.5, 0.6) is 0 Å². The monoisotopic (exact) mass is 1470 g/mol. The van der Waals surface area contributed by atoms with Crippen LogP contribution >= 0.6 is 0 Å². The molecule has 0 atom stereocenters. The van der Waals surface area contributed by atoms with Crippen molar-refractivity contribution in [1.82, 2.24) is 39.9 Å². The molecular formula is C100H102N12. The topological polar surface area (TPSA) is 116 Å². The van der Waals surface area contributed by atoms with Crippen molar-refractivity contribution in [2.45, 2.75) is 203 Å². The van der Waals surface area contributed by atoms with Crippen molar-refractivity contribution in [3.63, 3.8) is 0 Å². The maximum absolute atomic E-state index is 5.08. The molecule has 8 aromatic carbocycles. The molecule has 12 heteroatoms. The van der Waals surface area contributed by atoms with E-state index in [4.69, 9.17) is 39.9 Å². The van der Waals surface area contributed by atoms with Crippen LogP contribution in [-0.2, 0) is 21.7 Å². The van der Waals surface area contributed by atoms with Gasteiger partial charge in [-0.05, 0) is 357 Å². The van der Waals surface area contributed by atoms with E-state index in [1.807, 2.05) is 24.8 Å². The molecule has 0 spiro atoms. The summed E-state index contributed by atoms with van der Waals surface area (Å²) in [7, 11) is 0. The summed E-state index contributed by atoms with van der Waals surface area (Å²) in [5, 5.41) is 6.75. The van der Waals surface area contributed by atoms with Crippen molar-refractivity contribution in [2.24, 2.45) is 71.0 Å². The van der Waals surface area contributed by atoms with Crippen molar-refractivity contribution in [3.05, 3.63) is 229 Å². The fourth-order valence-corrected chi connectivity index (χ4v) is 29.4. The van der Waals surface area contributed by atoms with Gasteiger partial charge >= 0.3 is 0 Å². The highest BCUT2D eigenvalue weighted by Crippen LogP contribution is 2.67. The summed E-state index contributed by atoms with van der Waals surface area (Å²) < 4.78 is 0. The Hall–Kier alpha value is -9.68. The quantitative estimate of drug-likeness (QED) is 0.0858. The molecule has 112 heavy (non-hydrogen) atoms. The lowest BCUT2D eigenvalue weighted by Gasteiger charge is -2.57. The molecule has 562 valence electrons. The van der Waals surface area contributed by atoms with Crippen LogP contribution < -0.4 is 19.6 Å². The van der Waals surface area contributed by atoms with E-state index in [1.54, 1.807) is 25.3 Å². The van der Waals surface area contributed by atoms with Gasteiger partial charge in [0.1, 0.15) is 25.3 Å². The van der Waals surface area contributed by atoms with Gasteiger partial charge in [0.15, 0.2) is 0 Å². The van der Waals surface area contributed by atoms with Gasteiger partial charge in [0.25, 0.3) is 0 Å². The Kier molecular flexibility index (Phi) is 14.9. The molecule has 0 radical (unpaired) electrons. The summed E-state index contributed by atoms with van der Waals surface area (Å²) >= 11 is 0. The lowest BCUT2D eigenvalue weighted by Crippen LogP contribution is -2.48. The molecule has 16 fully saturated rings.